The number of rotatable bonds is 3. The van der Waals surface area contributed by atoms with Gasteiger partial charge in [-0.1, -0.05) is 0 Å². The number of halogens is 3. The van der Waals surface area contributed by atoms with Gasteiger partial charge < -0.3 is 5.32 Å². The van der Waals surface area contributed by atoms with Gasteiger partial charge in [0, 0.05) is 6.07 Å². The lowest BCUT2D eigenvalue weighted by Gasteiger charge is -2.07. The minimum absolute atomic E-state index is 0.0598. The molecule has 0 fully saturated rings. The summed E-state index contributed by atoms with van der Waals surface area (Å²) in [6.07, 6.45) is -3.42. The van der Waals surface area contributed by atoms with E-state index >= 15 is 0 Å². The summed E-state index contributed by atoms with van der Waals surface area (Å²) >= 11 is 0. The molecule has 0 unspecified atom stereocenters. The molecule has 10 heteroatoms. The summed E-state index contributed by atoms with van der Waals surface area (Å²) < 4.78 is 37.2. The molecule has 0 aliphatic rings. The minimum Gasteiger partial charge on any atom is -0.348 e. The second kappa shape index (κ2) is 4.47. The molecule has 3 N–H and O–H groups in total. The molecule has 0 amide bonds. The van der Waals surface area contributed by atoms with Crippen molar-refractivity contribution >= 4 is 5.95 Å². The highest BCUT2D eigenvalue weighted by molar-refractivity contribution is 5.26. The van der Waals surface area contributed by atoms with E-state index in [0.717, 1.165) is 0 Å². The van der Waals surface area contributed by atoms with E-state index in [1.807, 2.05) is 0 Å². The topological polar surface area (TPSA) is 99.3 Å². The van der Waals surface area contributed by atoms with Crippen molar-refractivity contribution in [3.63, 3.8) is 0 Å². The van der Waals surface area contributed by atoms with Crippen molar-refractivity contribution in [2.75, 3.05) is 5.32 Å². The highest BCUT2D eigenvalue weighted by Crippen LogP contribution is 2.26. The van der Waals surface area contributed by atoms with Crippen molar-refractivity contribution in [3.05, 3.63) is 34.3 Å². The van der Waals surface area contributed by atoms with Gasteiger partial charge in [0.05, 0.1) is 6.54 Å². The van der Waals surface area contributed by atoms with E-state index in [0.29, 0.717) is 11.9 Å². The van der Waals surface area contributed by atoms with Crippen LogP contribution in [0.4, 0.5) is 19.1 Å². The summed E-state index contributed by atoms with van der Waals surface area (Å²) in [6, 6.07) is 0.389. The van der Waals surface area contributed by atoms with Crippen LogP contribution in [0.15, 0.2) is 17.2 Å². The molecule has 18 heavy (non-hydrogen) atoms. The van der Waals surface area contributed by atoms with Crippen molar-refractivity contribution < 1.29 is 13.2 Å². The van der Waals surface area contributed by atoms with Gasteiger partial charge in [-0.05, 0) is 0 Å². The lowest BCUT2D eigenvalue weighted by atomic mass is 10.4. The summed E-state index contributed by atoms with van der Waals surface area (Å²) in [5, 5.41) is 8.56. The maximum atomic E-state index is 12.4. The van der Waals surface area contributed by atoms with Gasteiger partial charge in [0.25, 0.3) is 5.56 Å². The number of aromatic nitrogens is 5. The molecule has 0 aliphatic carbocycles. The van der Waals surface area contributed by atoms with Crippen molar-refractivity contribution in [2.45, 2.75) is 12.7 Å². The number of anilines is 1. The third-order valence-electron chi connectivity index (χ3n) is 1.92. The molecule has 96 valence electrons. The molecule has 0 spiro atoms. The average Bonchev–Trinajstić information content (AvgIpc) is 2.77. The molecule has 0 atom stereocenters. The van der Waals surface area contributed by atoms with Gasteiger partial charge in [-0.15, -0.1) is 0 Å². The Hall–Kier alpha value is -2.39. The highest BCUT2D eigenvalue weighted by Gasteiger charge is 2.33. The van der Waals surface area contributed by atoms with Crippen LogP contribution in [0.2, 0.25) is 0 Å². The van der Waals surface area contributed by atoms with Crippen LogP contribution in [-0.2, 0) is 12.7 Å². The number of nitrogens with zero attached hydrogens (tertiary/aromatic N) is 3. The van der Waals surface area contributed by atoms with E-state index < -0.39 is 17.4 Å². The standard InChI is InChI=1S/C8H7F3N6O/c9-8(10,11)4-1-6(18)16-7(15-4)12-2-5-13-3-14-17-5/h1,3H,2H2,(H,13,14,17)(H2,12,15,16,18). The van der Waals surface area contributed by atoms with Crippen molar-refractivity contribution in [1.82, 2.24) is 25.1 Å². The zero-order valence-corrected chi connectivity index (χ0v) is 8.75. The van der Waals surface area contributed by atoms with E-state index in [4.69, 9.17) is 0 Å². The highest BCUT2D eigenvalue weighted by atomic mass is 19.4. The van der Waals surface area contributed by atoms with E-state index in [1.165, 1.54) is 6.33 Å². The number of hydrogen-bond acceptors (Lipinski definition) is 5. The number of H-pyrrole nitrogens is 2. The predicted molar refractivity (Wildman–Crippen MR) is 53.6 cm³/mol. The quantitative estimate of drug-likeness (QED) is 0.747. The van der Waals surface area contributed by atoms with Crippen LogP contribution in [0.25, 0.3) is 0 Å². The summed E-state index contributed by atoms with van der Waals surface area (Å²) in [4.78, 5) is 20.2. The number of hydrogen-bond donors (Lipinski definition) is 3. The fourth-order valence-electron chi connectivity index (χ4n) is 1.17. The molecule has 0 aliphatic heterocycles. The molecule has 2 rings (SSSR count). The van der Waals surface area contributed by atoms with Crippen LogP contribution in [0.3, 0.4) is 0 Å². The Morgan fingerprint density at radius 3 is 2.78 bits per heavy atom. The fraction of sp³-hybridized carbons (Fsp3) is 0.250. The van der Waals surface area contributed by atoms with Gasteiger partial charge >= 0.3 is 6.18 Å². The average molecular weight is 260 g/mol. The van der Waals surface area contributed by atoms with Crippen LogP contribution in [0.1, 0.15) is 11.5 Å². The van der Waals surface area contributed by atoms with E-state index in [2.05, 4.69) is 30.5 Å². The van der Waals surface area contributed by atoms with Crippen LogP contribution in [-0.4, -0.2) is 25.1 Å². The van der Waals surface area contributed by atoms with Gasteiger partial charge in [0.2, 0.25) is 5.95 Å². The third-order valence-corrected chi connectivity index (χ3v) is 1.92. The van der Waals surface area contributed by atoms with Gasteiger partial charge in [-0.25, -0.2) is 9.97 Å². The second-order valence-electron chi connectivity index (χ2n) is 3.26. The first-order valence-corrected chi connectivity index (χ1v) is 4.72. The Bertz CT molecular complexity index is 575. The molecule has 0 bridgehead atoms. The maximum Gasteiger partial charge on any atom is 0.433 e. The Morgan fingerprint density at radius 2 is 2.17 bits per heavy atom. The Labute approximate surface area is 97.5 Å². The summed E-state index contributed by atoms with van der Waals surface area (Å²) in [5.41, 5.74) is -2.15. The molecular formula is C8H7F3N6O. The minimum atomic E-state index is -4.67. The maximum absolute atomic E-state index is 12.4. The molecule has 7 nitrogen and oxygen atoms in total. The van der Waals surface area contributed by atoms with Crippen LogP contribution < -0.4 is 10.9 Å². The number of alkyl halides is 3. The summed E-state index contributed by atoms with van der Waals surface area (Å²) in [5.74, 6) is 0.112. The normalized spacial score (nSPS) is 11.5. The van der Waals surface area contributed by atoms with Gasteiger partial charge in [-0.3, -0.25) is 14.9 Å². The molecule has 0 saturated carbocycles. The van der Waals surface area contributed by atoms with Crippen molar-refractivity contribution in [2.24, 2.45) is 0 Å². The Morgan fingerprint density at radius 1 is 1.39 bits per heavy atom. The zero-order valence-electron chi connectivity index (χ0n) is 8.75. The SMILES string of the molecule is O=c1cc(C(F)(F)F)nc(NCc2ncn[nH]2)[nH]1. The molecule has 0 saturated heterocycles. The van der Waals surface area contributed by atoms with Crippen LogP contribution >= 0.6 is 0 Å². The monoisotopic (exact) mass is 260 g/mol. The third kappa shape index (κ3) is 2.84. The molecule has 2 aromatic rings. The number of aromatic amines is 2. The first-order chi connectivity index (χ1) is 8.45. The van der Waals surface area contributed by atoms with Gasteiger partial charge in [0.15, 0.2) is 5.69 Å². The first-order valence-electron chi connectivity index (χ1n) is 4.72. The molecular weight excluding hydrogens is 253 g/mol. The van der Waals surface area contributed by atoms with Crippen LogP contribution in [0.5, 0.6) is 0 Å². The van der Waals surface area contributed by atoms with Gasteiger partial charge in [-0.2, -0.15) is 18.3 Å². The van der Waals surface area contributed by atoms with E-state index in [-0.39, 0.29) is 12.5 Å². The largest absolute Gasteiger partial charge is 0.433 e. The zero-order chi connectivity index (χ0) is 13.2. The van der Waals surface area contributed by atoms with Crippen LogP contribution in [0, 0.1) is 0 Å². The van der Waals surface area contributed by atoms with Crippen molar-refractivity contribution in [1.29, 1.82) is 0 Å². The second-order valence-corrected chi connectivity index (χ2v) is 3.26. The molecule has 2 aromatic heterocycles. The van der Waals surface area contributed by atoms with E-state index in [9.17, 15) is 18.0 Å². The summed E-state index contributed by atoms with van der Waals surface area (Å²) in [6.45, 7) is 0.0598. The summed E-state index contributed by atoms with van der Waals surface area (Å²) in [7, 11) is 0. The van der Waals surface area contributed by atoms with E-state index in [1.54, 1.807) is 0 Å². The van der Waals surface area contributed by atoms with Crippen molar-refractivity contribution in [3.8, 4) is 0 Å². The Balaban J connectivity index is 2.18. The first kappa shape index (κ1) is 12.1. The smallest absolute Gasteiger partial charge is 0.348 e. The molecule has 2 heterocycles. The lowest BCUT2D eigenvalue weighted by Crippen LogP contribution is -2.19. The van der Waals surface area contributed by atoms with Gasteiger partial charge in [0.1, 0.15) is 12.2 Å². The molecule has 0 aromatic carbocycles. The number of nitrogens with one attached hydrogen (secondary N) is 3. The fourth-order valence-corrected chi connectivity index (χ4v) is 1.17. The lowest BCUT2D eigenvalue weighted by molar-refractivity contribution is -0.141. The Kier molecular flexibility index (Phi) is 3.00. The predicted octanol–water partition coefficient (Wildman–Crippen LogP) is 0.519. The molecule has 0 radical (unpaired) electrons.